The number of aryl methyl sites for hydroxylation is 3. The number of nitrogens with zero attached hydrogens (tertiary/aromatic N) is 3. The van der Waals surface area contributed by atoms with Gasteiger partial charge < -0.3 is 14.7 Å². The fourth-order valence-electron chi connectivity index (χ4n) is 17.1. The molecule has 0 aliphatic heterocycles. The quantitative estimate of drug-likeness (QED) is 0.0748. The SMILES string of the molecule is Cc1ccc(N(c2ccc(Cc3cccc(N(c4ccc(-c5ccc6c(c5)C(C)(C)c5ccccc5-6)cc4)c4ccc5c(-c6ccccc6)c6ccccc6c(-c6ccccc6)c5c4)c3)cc2)c2c3ccccc3c(N(c3ccc(C)cc3)c3ccc(C)cc3)c3cc(-c4ccc5ccccc5c4)ccc23)cc1. The molecule has 0 unspecified atom stereocenters. The first-order chi connectivity index (χ1) is 53.0. The third-order valence-corrected chi connectivity index (χ3v) is 22.6. The van der Waals surface area contributed by atoms with E-state index >= 15 is 0 Å². The summed E-state index contributed by atoms with van der Waals surface area (Å²) in [6, 6.07) is 141. The summed E-state index contributed by atoms with van der Waals surface area (Å²) in [5, 5.41) is 11.9. The number of fused-ring (bicyclic) bond motifs is 8. The first-order valence-electron chi connectivity index (χ1n) is 37.7. The molecule has 3 nitrogen and oxygen atoms in total. The number of hydrogen-bond donors (Lipinski definition) is 0. The highest BCUT2D eigenvalue weighted by Gasteiger charge is 2.36. The highest BCUT2D eigenvalue weighted by atomic mass is 15.2. The van der Waals surface area contributed by atoms with Gasteiger partial charge in [0.25, 0.3) is 0 Å². The van der Waals surface area contributed by atoms with Crippen LogP contribution in [0, 0.1) is 20.8 Å². The second-order valence-electron chi connectivity index (χ2n) is 29.8. The van der Waals surface area contributed by atoms with Crippen LogP contribution in [0.15, 0.2) is 376 Å². The van der Waals surface area contributed by atoms with E-state index in [0.717, 1.165) is 84.7 Å². The van der Waals surface area contributed by atoms with Crippen LogP contribution >= 0.6 is 0 Å². The largest absolute Gasteiger partial charge is 0.310 e. The first-order valence-corrected chi connectivity index (χ1v) is 37.7. The minimum atomic E-state index is -0.106. The van der Waals surface area contributed by atoms with Crippen LogP contribution in [0.2, 0.25) is 0 Å². The molecular weight excluding hydrogens is 1300 g/mol. The average Bonchev–Trinajstić information content (AvgIpc) is 0.937. The molecule has 0 N–H and O–H groups in total. The molecular formula is C105H79N3. The van der Waals surface area contributed by atoms with Gasteiger partial charge in [-0.1, -0.05) is 304 Å². The lowest BCUT2D eigenvalue weighted by Crippen LogP contribution is -2.15. The lowest BCUT2D eigenvalue weighted by atomic mass is 9.81. The van der Waals surface area contributed by atoms with Crippen LogP contribution in [-0.2, 0) is 11.8 Å². The van der Waals surface area contributed by atoms with Gasteiger partial charge in [-0.05, 0) is 241 Å². The van der Waals surface area contributed by atoms with E-state index in [1.165, 1.54) is 121 Å². The maximum atomic E-state index is 2.50. The van der Waals surface area contributed by atoms with Gasteiger partial charge in [-0.2, -0.15) is 0 Å². The van der Waals surface area contributed by atoms with Crippen LogP contribution in [0.1, 0.15) is 52.8 Å². The monoisotopic (exact) mass is 1380 g/mol. The molecule has 3 heteroatoms. The first kappa shape index (κ1) is 65.4. The van der Waals surface area contributed by atoms with Gasteiger partial charge in [-0.15, -0.1) is 0 Å². The Hall–Kier alpha value is -13.3. The maximum absolute atomic E-state index is 2.50. The van der Waals surface area contributed by atoms with Crippen molar-refractivity contribution < 1.29 is 0 Å². The van der Waals surface area contributed by atoms with Crippen molar-refractivity contribution in [1.29, 1.82) is 0 Å². The van der Waals surface area contributed by atoms with Gasteiger partial charge in [0, 0.05) is 66.8 Å². The molecule has 1 aliphatic rings. The van der Waals surface area contributed by atoms with E-state index in [1.807, 2.05) is 0 Å². The molecule has 0 saturated heterocycles. The number of anilines is 9. The summed E-state index contributed by atoms with van der Waals surface area (Å²) in [4.78, 5) is 7.45. The summed E-state index contributed by atoms with van der Waals surface area (Å²) < 4.78 is 0. The fraction of sp³-hybridized carbons (Fsp3) is 0.0667. The average molecular weight is 1380 g/mol. The summed E-state index contributed by atoms with van der Waals surface area (Å²) in [6.07, 6.45) is 0.720. The molecule has 0 fully saturated rings. The van der Waals surface area contributed by atoms with Crippen LogP contribution in [0.25, 0.3) is 109 Å². The predicted octanol–water partition coefficient (Wildman–Crippen LogP) is 29.4. The highest BCUT2D eigenvalue weighted by Crippen LogP contribution is 2.54. The van der Waals surface area contributed by atoms with Crippen LogP contribution in [-0.4, -0.2) is 0 Å². The molecule has 0 bridgehead atoms. The van der Waals surface area contributed by atoms with Crippen LogP contribution < -0.4 is 14.7 Å². The molecule has 18 aromatic carbocycles. The topological polar surface area (TPSA) is 9.72 Å². The lowest BCUT2D eigenvalue weighted by molar-refractivity contribution is 0.660. The molecule has 108 heavy (non-hydrogen) atoms. The zero-order valence-electron chi connectivity index (χ0n) is 61.3. The zero-order valence-corrected chi connectivity index (χ0v) is 61.3. The predicted molar refractivity (Wildman–Crippen MR) is 461 cm³/mol. The summed E-state index contributed by atoms with van der Waals surface area (Å²) in [6.45, 7) is 11.2. The van der Waals surface area contributed by atoms with E-state index < -0.39 is 0 Å². The fourth-order valence-corrected chi connectivity index (χ4v) is 17.1. The van der Waals surface area contributed by atoms with Crippen molar-refractivity contribution in [2.75, 3.05) is 14.7 Å². The normalized spacial score (nSPS) is 12.2. The Kier molecular flexibility index (Phi) is 16.3. The third-order valence-electron chi connectivity index (χ3n) is 22.6. The van der Waals surface area contributed by atoms with Crippen LogP contribution in [0.3, 0.4) is 0 Å². The molecule has 0 amide bonds. The van der Waals surface area contributed by atoms with Gasteiger partial charge in [-0.3, -0.25) is 0 Å². The lowest BCUT2D eigenvalue weighted by Gasteiger charge is -2.33. The molecule has 0 heterocycles. The highest BCUT2D eigenvalue weighted by molar-refractivity contribution is 6.25. The van der Waals surface area contributed by atoms with Crippen molar-refractivity contribution in [3.63, 3.8) is 0 Å². The summed E-state index contributed by atoms with van der Waals surface area (Å²) >= 11 is 0. The Morgan fingerprint density at radius 3 is 1.26 bits per heavy atom. The van der Waals surface area contributed by atoms with Crippen molar-refractivity contribution in [3.05, 3.63) is 415 Å². The van der Waals surface area contributed by atoms with E-state index in [0.29, 0.717) is 0 Å². The molecule has 18 aromatic rings. The van der Waals surface area contributed by atoms with E-state index in [9.17, 15) is 0 Å². The number of rotatable bonds is 15. The standard InChI is InChI=1S/C105H79N3/c1-69-35-49-83(50-36-69)107(103-94-32-16-17-33-95(94)104(108(84-51-37-70(2)38-52-84)85-53-39-71(3)40-54-85)98-66-80(48-61-96(98)103)79-44-43-74-22-12-13-27-78(74)65-79)86-55-41-72(42-56-86)63-73-21-20-28-87(64-73)106(82-57-45-75(46-58-82)81-47-60-90-89-29-18-19-34-99(89)105(4,5)100(90)67-81)88-59-62-93-97(68-88)102(77-25-10-7-11-26-77)92-31-15-14-30-91(92)101(93)76-23-8-6-9-24-76/h6-62,64-68H,63H2,1-5H3. The molecule has 0 aromatic heterocycles. The summed E-state index contributed by atoms with van der Waals surface area (Å²) in [5.74, 6) is 0. The van der Waals surface area contributed by atoms with Crippen LogP contribution in [0.5, 0.6) is 0 Å². The molecule has 514 valence electrons. The van der Waals surface area contributed by atoms with Crippen LogP contribution in [0.4, 0.5) is 51.2 Å². The van der Waals surface area contributed by atoms with E-state index in [2.05, 4.69) is 425 Å². The Morgan fingerprint density at radius 1 is 0.222 bits per heavy atom. The van der Waals surface area contributed by atoms with E-state index in [4.69, 9.17) is 0 Å². The minimum Gasteiger partial charge on any atom is -0.310 e. The smallest absolute Gasteiger partial charge is 0.0620 e. The van der Waals surface area contributed by atoms with Gasteiger partial charge in [0.15, 0.2) is 0 Å². The van der Waals surface area contributed by atoms with Crippen molar-refractivity contribution >= 4 is 105 Å². The van der Waals surface area contributed by atoms with Gasteiger partial charge in [-0.25, -0.2) is 0 Å². The van der Waals surface area contributed by atoms with Crippen molar-refractivity contribution in [1.82, 2.24) is 0 Å². The third kappa shape index (κ3) is 11.6. The molecule has 19 rings (SSSR count). The number of hydrogen-bond acceptors (Lipinski definition) is 3. The van der Waals surface area contributed by atoms with E-state index in [-0.39, 0.29) is 5.41 Å². The Labute approximate surface area is 632 Å². The van der Waals surface area contributed by atoms with Crippen molar-refractivity contribution in [2.24, 2.45) is 0 Å². The van der Waals surface area contributed by atoms with Gasteiger partial charge in [0.1, 0.15) is 0 Å². The zero-order chi connectivity index (χ0) is 72.6. The van der Waals surface area contributed by atoms with Crippen molar-refractivity contribution in [2.45, 2.75) is 46.5 Å². The minimum absolute atomic E-state index is 0.106. The Balaban J connectivity index is 0.745. The molecule has 0 atom stereocenters. The van der Waals surface area contributed by atoms with E-state index in [1.54, 1.807) is 0 Å². The molecule has 0 spiro atoms. The molecule has 0 saturated carbocycles. The van der Waals surface area contributed by atoms with Gasteiger partial charge in [0.2, 0.25) is 0 Å². The van der Waals surface area contributed by atoms with Gasteiger partial charge in [0.05, 0.1) is 11.4 Å². The van der Waals surface area contributed by atoms with Gasteiger partial charge >= 0.3 is 0 Å². The number of benzene rings is 18. The molecule has 1 aliphatic carbocycles. The maximum Gasteiger partial charge on any atom is 0.0620 e. The molecule has 0 radical (unpaired) electrons. The summed E-state index contributed by atoms with van der Waals surface area (Å²) in [5.41, 5.74) is 30.8. The second kappa shape index (κ2) is 27.0. The Bertz CT molecular complexity index is 6430. The van der Waals surface area contributed by atoms with Crippen molar-refractivity contribution in [3.8, 4) is 55.6 Å². The summed E-state index contributed by atoms with van der Waals surface area (Å²) in [7, 11) is 0. The second-order valence-corrected chi connectivity index (χ2v) is 29.8. The Morgan fingerprint density at radius 2 is 0.639 bits per heavy atom.